The maximum atomic E-state index is 5.74. The molecule has 0 saturated heterocycles. The van der Waals surface area contributed by atoms with E-state index >= 15 is 0 Å². The zero-order valence-corrected chi connectivity index (χ0v) is 12.0. The predicted molar refractivity (Wildman–Crippen MR) is 80.9 cm³/mol. The molecule has 0 bridgehead atoms. The van der Waals surface area contributed by atoms with Gasteiger partial charge in [0.1, 0.15) is 11.3 Å². The number of hydrogen-bond acceptors (Lipinski definition) is 3. The van der Waals surface area contributed by atoms with Gasteiger partial charge >= 0.3 is 0 Å². The van der Waals surface area contributed by atoms with Gasteiger partial charge in [-0.3, -0.25) is 4.99 Å². The number of nitrogens with one attached hydrogen (secondary N) is 2. The van der Waals surface area contributed by atoms with Crippen LogP contribution in [0.4, 0.5) is 0 Å². The quantitative estimate of drug-likeness (QED) is 0.482. The number of para-hydroxylation sites is 1. The molecule has 0 fully saturated rings. The number of furan rings is 1. The zero-order valence-electron chi connectivity index (χ0n) is 12.0. The average molecular weight is 275 g/mol. The minimum absolute atomic E-state index is 0.600. The van der Waals surface area contributed by atoms with Gasteiger partial charge in [0.25, 0.3) is 0 Å². The Morgan fingerprint density at radius 1 is 1.30 bits per heavy atom. The summed E-state index contributed by atoms with van der Waals surface area (Å²) in [6, 6.07) is 10.0. The minimum Gasteiger partial charge on any atom is -0.459 e. The molecule has 0 aliphatic heterocycles. The molecule has 0 radical (unpaired) electrons. The van der Waals surface area contributed by atoms with E-state index in [0.717, 1.165) is 35.8 Å². The first-order valence-corrected chi connectivity index (χ1v) is 6.83. The molecule has 20 heavy (non-hydrogen) atoms. The molecule has 5 nitrogen and oxygen atoms in total. The van der Waals surface area contributed by atoms with E-state index in [4.69, 9.17) is 9.15 Å². The number of fused-ring (bicyclic) bond motifs is 1. The van der Waals surface area contributed by atoms with E-state index in [1.54, 1.807) is 7.05 Å². The predicted octanol–water partition coefficient (Wildman–Crippen LogP) is 2.13. The van der Waals surface area contributed by atoms with Gasteiger partial charge in [-0.2, -0.15) is 0 Å². The molecule has 0 atom stereocenters. The highest BCUT2D eigenvalue weighted by Gasteiger charge is 2.04. The summed E-state index contributed by atoms with van der Waals surface area (Å²) in [5.74, 6) is 1.63. The van der Waals surface area contributed by atoms with Gasteiger partial charge in [-0.15, -0.1) is 0 Å². The molecule has 0 saturated carbocycles. The molecule has 5 heteroatoms. The van der Waals surface area contributed by atoms with Crippen LogP contribution in [0.3, 0.4) is 0 Å². The van der Waals surface area contributed by atoms with E-state index in [1.165, 1.54) is 0 Å². The monoisotopic (exact) mass is 275 g/mol. The van der Waals surface area contributed by atoms with Crippen molar-refractivity contribution in [2.45, 2.75) is 13.5 Å². The highest BCUT2D eigenvalue weighted by molar-refractivity contribution is 5.80. The Hall–Kier alpha value is -2.01. The SMILES string of the molecule is CCOCCNC(=NC)NCc1cc2ccccc2o1. The average Bonchev–Trinajstić information content (AvgIpc) is 2.89. The van der Waals surface area contributed by atoms with Gasteiger partial charge in [0.05, 0.1) is 13.2 Å². The smallest absolute Gasteiger partial charge is 0.191 e. The molecular weight excluding hydrogens is 254 g/mol. The van der Waals surface area contributed by atoms with E-state index in [2.05, 4.69) is 15.6 Å². The molecule has 1 aromatic heterocycles. The van der Waals surface area contributed by atoms with Crippen molar-refractivity contribution < 1.29 is 9.15 Å². The fraction of sp³-hybridized carbons (Fsp3) is 0.400. The van der Waals surface area contributed by atoms with Gasteiger partial charge in [0.15, 0.2) is 5.96 Å². The molecular formula is C15H21N3O2. The van der Waals surface area contributed by atoms with Crippen LogP contribution in [0.25, 0.3) is 11.0 Å². The van der Waals surface area contributed by atoms with Crippen molar-refractivity contribution in [1.29, 1.82) is 0 Å². The number of hydrogen-bond donors (Lipinski definition) is 2. The topological polar surface area (TPSA) is 58.8 Å². The lowest BCUT2D eigenvalue weighted by Crippen LogP contribution is -2.38. The number of nitrogens with zero attached hydrogens (tertiary/aromatic N) is 1. The molecule has 2 aromatic rings. The summed E-state index contributed by atoms with van der Waals surface area (Å²) in [5, 5.41) is 7.51. The van der Waals surface area contributed by atoms with Crippen molar-refractivity contribution in [3.63, 3.8) is 0 Å². The lowest BCUT2D eigenvalue weighted by Gasteiger charge is -2.10. The van der Waals surface area contributed by atoms with Gasteiger partial charge in [0.2, 0.25) is 0 Å². The highest BCUT2D eigenvalue weighted by Crippen LogP contribution is 2.18. The molecule has 2 N–H and O–H groups in total. The summed E-state index contributed by atoms with van der Waals surface area (Å²) in [6.45, 7) is 4.71. The number of rotatable bonds is 6. The van der Waals surface area contributed by atoms with Crippen LogP contribution in [0.1, 0.15) is 12.7 Å². The largest absolute Gasteiger partial charge is 0.459 e. The Morgan fingerprint density at radius 3 is 2.90 bits per heavy atom. The third-order valence-electron chi connectivity index (χ3n) is 2.87. The van der Waals surface area contributed by atoms with E-state index in [-0.39, 0.29) is 0 Å². The number of benzene rings is 1. The fourth-order valence-corrected chi connectivity index (χ4v) is 1.90. The first-order valence-electron chi connectivity index (χ1n) is 6.83. The first-order chi connectivity index (χ1) is 9.83. The molecule has 1 aromatic carbocycles. The van der Waals surface area contributed by atoms with Gasteiger partial charge in [0, 0.05) is 25.6 Å². The summed E-state index contributed by atoms with van der Waals surface area (Å²) in [5.41, 5.74) is 0.906. The van der Waals surface area contributed by atoms with Crippen molar-refractivity contribution in [2.75, 3.05) is 26.8 Å². The third kappa shape index (κ3) is 3.99. The van der Waals surface area contributed by atoms with Crippen LogP contribution in [-0.4, -0.2) is 32.8 Å². The molecule has 1 heterocycles. The van der Waals surface area contributed by atoms with Crippen molar-refractivity contribution in [3.05, 3.63) is 36.1 Å². The Labute approximate surface area is 119 Å². The van der Waals surface area contributed by atoms with Crippen LogP contribution in [0.15, 0.2) is 39.7 Å². The molecule has 0 amide bonds. The van der Waals surface area contributed by atoms with E-state index < -0.39 is 0 Å². The number of ether oxygens (including phenoxy) is 1. The summed E-state index contributed by atoms with van der Waals surface area (Å²) in [6.07, 6.45) is 0. The number of aliphatic imine (C=N–C) groups is 1. The van der Waals surface area contributed by atoms with Crippen LogP contribution in [-0.2, 0) is 11.3 Å². The van der Waals surface area contributed by atoms with Crippen molar-refractivity contribution in [2.24, 2.45) is 4.99 Å². The van der Waals surface area contributed by atoms with Crippen LogP contribution in [0.2, 0.25) is 0 Å². The van der Waals surface area contributed by atoms with Crippen LogP contribution >= 0.6 is 0 Å². The molecule has 108 valence electrons. The van der Waals surface area contributed by atoms with Crippen molar-refractivity contribution >= 4 is 16.9 Å². The second-order valence-corrected chi connectivity index (χ2v) is 4.30. The van der Waals surface area contributed by atoms with Gasteiger partial charge in [-0.25, -0.2) is 0 Å². The maximum absolute atomic E-state index is 5.74. The zero-order chi connectivity index (χ0) is 14.2. The van der Waals surface area contributed by atoms with Crippen LogP contribution < -0.4 is 10.6 Å². The highest BCUT2D eigenvalue weighted by atomic mass is 16.5. The van der Waals surface area contributed by atoms with E-state index in [1.807, 2.05) is 37.3 Å². The molecule has 0 spiro atoms. The van der Waals surface area contributed by atoms with E-state index in [0.29, 0.717) is 13.2 Å². The summed E-state index contributed by atoms with van der Waals surface area (Å²) >= 11 is 0. The Morgan fingerprint density at radius 2 is 2.15 bits per heavy atom. The normalized spacial score (nSPS) is 11.8. The Bertz CT molecular complexity index is 530. The maximum Gasteiger partial charge on any atom is 0.191 e. The molecule has 0 aliphatic rings. The lowest BCUT2D eigenvalue weighted by atomic mass is 10.2. The van der Waals surface area contributed by atoms with Crippen LogP contribution in [0, 0.1) is 0 Å². The van der Waals surface area contributed by atoms with Crippen molar-refractivity contribution in [1.82, 2.24) is 10.6 Å². The fourth-order valence-electron chi connectivity index (χ4n) is 1.90. The molecule has 2 rings (SSSR count). The Balaban J connectivity index is 1.83. The summed E-state index contributed by atoms with van der Waals surface area (Å²) in [4.78, 5) is 4.15. The summed E-state index contributed by atoms with van der Waals surface area (Å²) in [7, 11) is 1.74. The van der Waals surface area contributed by atoms with Crippen molar-refractivity contribution in [3.8, 4) is 0 Å². The van der Waals surface area contributed by atoms with Crippen LogP contribution in [0.5, 0.6) is 0 Å². The molecule has 0 aliphatic carbocycles. The third-order valence-corrected chi connectivity index (χ3v) is 2.87. The lowest BCUT2D eigenvalue weighted by molar-refractivity contribution is 0.152. The second-order valence-electron chi connectivity index (χ2n) is 4.30. The summed E-state index contributed by atoms with van der Waals surface area (Å²) < 4.78 is 11.0. The van der Waals surface area contributed by atoms with Gasteiger partial charge in [-0.05, 0) is 19.1 Å². The molecule has 0 unspecified atom stereocenters. The standard InChI is InChI=1S/C15H21N3O2/c1-3-19-9-8-17-15(16-2)18-11-13-10-12-6-4-5-7-14(12)20-13/h4-7,10H,3,8-9,11H2,1-2H3,(H2,16,17,18). The second kappa shape index (κ2) is 7.55. The van der Waals surface area contributed by atoms with Gasteiger partial charge in [-0.1, -0.05) is 18.2 Å². The number of guanidine groups is 1. The Kier molecular flexibility index (Phi) is 5.43. The van der Waals surface area contributed by atoms with E-state index in [9.17, 15) is 0 Å². The minimum atomic E-state index is 0.600. The first kappa shape index (κ1) is 14.4. The van der Waals surface area contributed by atoms with Gasteiger partial charge < -0.3 is 19.8 Å².